The number of rotatable bonds is 4. The number of aryl methyl sites for hydroxylation is 1. The first-order valence-corrected chi connectivity index (χ1v) is 6.84. The van der Waals surface area contributed by atoms with Crippen LogP contribution in [0.25, 0.3) is 0 Å². The number of anilines is 1. The lowest BCUT2D eigenvalue weighted by molar-refractivity contribution is 0.0527. The van der Waals surface area contributed by atoms with Gasteiger partial charge in [-0.2, -0.15) is 0 Å². The second kappa shape index (κ2) is 6.31. The molecule has 2 aromatic carbocycles. The van der Waals surface area contributed by atoms with Crippen LogP contribution in [0.3, 0.4) is 0 Å². The van der Waals surface area contributed by atoms with Gasteiger partial charge in [0.2, 0.25) is 0 Å². The van der Waals surface area contributed by atoms with Gasteiger partial charge in [0.1, 0.15) is 5.75 Å². The van der Waals surface area contributed by atoms with Crippen molar-refractivity contribution in [2.45, 2.75) is 20.8 Å². The summed E-state index contributed by atoms with van der Waals surface area (Å²) in [5.41, 5.74) is 8.80. The lowest BCUT2D eigenvalue weighted by Gasteiger charge is -2.14. The Kier molecular flexibility index (Phi) is 4.48. The number of nitrogens with two attached hydrogens (primary N) is 1. The van der Waals surface area contributed by atoms with Gasteiger partial charge in [-0.15, -0.1) is 0 Å². The fraction of sp³-hybridized carbons (Fsp3) is 0.235. The Labute approximate surface area is 124 Å². The molecular weight excluding hydrogens is 266 g/mol. The SMILES string of the molecule is CCOC(=O)c1cccc(Oc2cccc(C)c2C)c1N. The largest absolute Gasteiger partial charge is 0.462 e. The van der Waals surface area contributed by atoms with E-state index in [-0.39, 0.29) is 5.69 Å². The molecule has 21 heavy (non-hydrogen) atoms. The molecule has 2 rings (SSSR count). The number of esters is 1. The van der Waals surface area contributed by atoms with Gasteiger partial charge in [0.25, 0.3) is 0 Å². The average molecular weight is 285 g/mol. The summed E-state index contributed by atoms with van der Waals surface area (Å²) in [6, 6.07) is 10.9. The minimum Gasteiger partial charge on any atom is -0.462 e. The van der Waals surface area contributed by atoms with Crippen molar-refractivity contribution in [2.75, 3.05) is 12.3 Å². The molecule has 0 atom stereocenters. The van der Waals surface area contributed by atoms with Gasteiger partial charge < -0.3 is 15.2 Å². The molecule has 0 unspecified atom stereocenters. The Bertz CT molecular complexity index is 665. The third-order valence-corrected chi connectivity index (χ3v) is 3.34. The zero-order valence-corrected chi connectivity index (χ0v) is 12.5. The lowest BCUT2D eigenvalue weighted by atomic mass is 10.1. The van der Waals surface area contributed by atoms with Crippen molar-refractivity contribution < 1.29 is 14.3 Å². The Balaban J connectivity index is 2.35. The van der Waals surface area contributed by atoms with Gasteiger partial charge in [-0.05, 0) is 50.1 Å². The van der Waals surface area contributed by atoms with E-state index >= 15 is 0 Å². The van der Waals surface area contributed by atoms with Gasteiger partial charge in [0, 0.05) is 0 Å². The molecule has 0 saturated carbocycles. The molecule has 0 radical (unpaired) electrons. The Morgan fingerprint density at radius 1 is 1.10 bits per heavy atom. The average Bonchev–Trinajstić information content (AvgIpc) is 2.46. The summed E-state index contributed by atoms with van der Waals surface area (Å²) >= 11 is 0. The molecule has 0 heterocycles. The summed E-state index contributed by atoms with van der Waals surface area (Å²) in [6.45, 7) is 6.06. The van der Waals surface area contributed by atoms with Gasteiger partial charge >= 0.3 is 5.97 Å². The van der Waals surface area contributed by atoms with Gasteiger partial charge in [0.15, 0.2) is 5.75 Å². The van der Waals surface area contributed by atoms with Crippen molar-refractivity contribution in [2.24, 2.45) is 0 Å². The zero-order valence-electron chi connectivity index (χ0n) is 12.5. The van der Waals surface area contributed by atoms with E-state index in [1.807, 2.05) is 32.0 Å². The van der Waals surface area contributed by atoms with Crippen LogP contribution in [0.5, 0.6) is 11.5 Å². The molecule has 2 aromatic rings. The van der Waals surface area contributed by atoms with Crippen LogP contribution in [0.4, 0.5) is 5.69 Å². The number of carbonyl (C=O) groups is 1. The third-order valence-electron chi connectivity index (χ3n) is 3.34. The highest BCUT2D eigenvalue weighted by Crippen LogP contribution is 2.32. The predicted octanol–water partition coefficient (Wildman–Crippen LogP) is 3.85. The molecular formula is C17H19NO3. The fourth-order valence-electron chi connectivity index (χ4n) is 1.97. The molecule has 0 aliphatic heterocycles. The van der Waals surface area contributed by atoms with Gasteiger partial charge in [-0.1, -0.05) is 18.2 Å². The molecule has 2 N–H and O–H groups in total. The van der Waals surface area contributed by atoms with Crippen LogP contribution in [0.15, 0.2) is 36.4 Å². The first-order chi connectivity index (χ1) is 10.0. The first-order valence-electron chi connectivity index (χ1n) is 6.84. The van der Waals surface area contributed by atoms with Crippen LogP contribution in [0.1, 0.15) is 28.4 Å². The number of hydrogen-bond acceptors (Lipinski definition) is 4. The second-order valence-corrected chi connectivity index (χ2v) is 4.74. The van der Waals surface area contributed by atoms with Crippen molar-refractivity contribution in [1.29, 1.82) is 0 Å². The van der Waals surface area contributed by atoms with Crippen molar-refractivity contribution in [3.8, 4) is 11.5 Å². The number of benzene rings is 2. The van der Waals surface area contributed by atoms with Crippen molar-refractivity contribution >= 4 is 11.7 Å². The van der Waals surface area contributed by atoms with Crippen molar-refractivity contribution in [3.05, 3.63) is 53.1 Å². The molecule has 4 nitrogen and oxygen atoms in total. The smallest absolute Gasteiger partial charge is 0.340 e. The van der Waals surface area contributed by atoms with E-state index in [0.29, 0.717) is 17.9 Å². The maximum Gasteiger partial charge on any atom is 0.340 e. The summed E-state index contributed by atoms with van der Waals surface area (Å²) in [5.74, 6) is 0.735. The van der Waals surface area contributed by atoms with Gasteiger partial charge in [0.05, 0.1) is 17.9 Å². The minimum absolute atomic E-state index is 0.289. The number of ether oxygens (including phenoxy) is 2. The quantitative estimate of drug-likeness (QED) is 0.684. The first kappa shape index (κ1) is 14.9. The van der Waals surface area contributed by atoms with E-state index in [4.69, 9.17) is 15.2 Å². The topological polar surface area (TPSA) is 61.5 Å². The van der Waals surface area contributed by atoms with Crippen LogP contribution >= 0.6 is 0 Å². The highest BCUT2D eigenvalue weighted by molar-refractivity contribution is 5.96. The third kappa shape index (κ3) is 3.16. The van der Waals surface area contributed by atoms with Crippen molar-refractivity contribution in [3.63, 3.8) is 0 Å². The Morgan fingerprint density at radius 3 is 2.48 bits per heavy atom. The molecule has 0 aliphatic rings. The van der Waals surface area contributed by atoms with E-state index in [2.05, 4.69) is 0 Å². The maximum absolute atomic E-state index is 11.8. The van der Waals surface area contributed by atoms with E-state index in [1.165, 1.54) is 0 Å². The predicted molar refractivity (Wildman–Crippen MR) is 82.8 cm³/mol. The Morgan fingerprint density at radius 2 is 1.76 bits per heavy atom. The van der Waals surface area contributed by atoms with Gasteiger partial charge in [-0.25, -0.2) is 4.79 Å². The van der Waals surface area contributed by atoms with E-state index < -0.39 is 5.97 Å². The van der Waals surface area contributed by atoms with E-state index in [9.17, 15) is 4.79 Å². The highest BCUT2D eigenvalue weighted by Gasteiger charge is 2.15. The molecule has 4 heteroatoms. The summed E-state index contributed by atoms with van der Waals surface area (Å²) in [5, 5.41) is 0. The summed E-state index contributed by atoms with van der Waals surface area (Å²) in [6.07, 6.45) is 0. The normalized spacial score (nSPS) is 10.2. The van der Waals surface area contributed by atoms with Crippen LogP contribution < -0.4 is 10.5 Å². The molecule has 0 spiro atoms. The maximum atomic E-state index is 11.8. The van der Waals surface area contributed by atoms with Crippen molar-refractivity contribution in [1.82, 2.24) is 0 Å². The number of nitrogen functional groups attached to an aromatic ring is 1. The second-order valence-electron chi connectivity index (χ2n) is 4.74. The number of hydrogen-bond donors (Lipinski definition) is 1. The number of para-hydroxylation sites is 1. The van der Waals surface area contributed by atoms with Crippen LogP contribution in [-0.4, -0.2) is 12.6 Å². The van der Waals surface area contributed by atoms with Crippen LogP contribution in [0.2, 0.25) is 0 Å². The molecule has 0 aliphatic carbocycles. The monoisotopic (exact) mass is 285 g/mol. The van der Waals surface area contributed by atoms with Crippen LogP contribution in [0, 0.1) is 13.8 Å². The van der Waals surface area contributed by atoms with E-state index in [0.717, 1.165) is 16.9 Å². The summed E-state index contributed by atoms with van der Waals surface area (Å²) < 4.78 is 10.8. The highest BCUT2D eigenvalue weighted by atomic mass is 16.5. The molecule has 0 fully saturated rings. The standard InChI is InChI=1S/C17H19NO3/c1-4-20-17(19)13-8-6-10-15(16(13)18)21-14-9-5-7-11(2)12(14)3/h5-10H,4,18H2,1-3H3. The fourth-order valence-corrected chi connectivity index (χ4v) is 1.97. The van der Waals surface area contributed by atoms with E-state index in [1.54, 1.807) is 25.1 Å². The number of carbonyl (C=O) groups excluding carboxylic acids is 1. The Hall–Kier alpha value is -2.49. The molecule has 0 amide bonds. The molecule has 0 saturated heterocycles. The minimum atomic E-state index is -0.443. The summed E-state index contributed by atoms with van der Waals surface area (Å²) in [7, 11) is 0. The molecule has 0 aromatic heterocycles. The van der Waals surface area contributed by atoms with Gasteiger partial charge in [-0.3, -0.25) is 0 Å². The zero-order chi connectivity index (χ0) is 15.4. The lowest BCUT2D eigenvalue weighted by Crippen LogP contribution is -2.08. The molecule has 110 valence electrons. The van der Waals surface area contributed by atoms with Crippen LogP contribution in [-0.2, 0) is 4.74 Å². The summed E-state index contributed by atoms with van der Waals surface area (Å²) in [4.78, 5) is 11.8. The molecule has 0 bridgehead atoms.